The number of urea groups is 1. The second kappa shape index (κ2) is 8.70. The third-order valence-electron chi connectivity index (χ3n) is 4.05. The topological polar surface area (TPSA) is 102 Å². The first-order valence-electron chi connectivity index (χ1n) is 8.11. The molecular weight excluding hydrogens is 358 g/mol. The predicted molar refractivity (Wildman–Crippen MR) is 98.8 cm³/mol. The number of nitrogens with zero attached hydrogens (tertiary/aromatic N) is 2. The smallest absolute Gasteiger partial charge is 0.338 e. The highest BCUT2D eigenvalue weighted by molar-refractivity contribution is 7.99. The standard InChI is InChI=1S/C17H21N3O5S/c1-4-26-9-8-25-16(21)14-11(2)19(3)17(22)18-15(14)12-6-5-7-13(10-12)20(23)24/h5-7,10,15H,4,8-9H2,1-3H3,(H,18,22)/t15-/m0/s1. The molecule has 1 N–H and O–H groups in total. The number of rotatable bonds is 7. The summed E-state index contributed by atoms with van der Waals surface area (Å²) < 4.78 is 5.34. The van der Waals surface area contributed by atoms with Crippen LogP contribution in [-0.2, 0) is 9.53 Å². The summed E-state index contributed by atoms with van der Waals surface area (Å²) in [6, 6.07) is 4.67. The number of amides is 2. The Morgan fingerprint density at radius 3 is 2.85 bits per heavy atom. The van der Waals surface area contributed by atoms with Gasteiger partial charge in [-0.1, -0.05) is 19.1 Å². The number of allylic oxidation sites excluding steroid dienone is 1. The fourth-order valence-electron chi connectivity index (χ4n) is 2.58. The van der Waals surface area contributed by atoms with Gasteiger partial charge in [0.15, 0.2) is 0 Å². The van der Waals surface area contributed by atoms with E-state index in [1.807, 2.05) is 6.92 Å². The summed E-state index contributed by atoms with van der Waals surface area (Å²) in [6.45, 7) is 3.93. The zero-order chi connectivity index (χ0) is 19.3. The Hall–Kier alpha value is -2.55. The monoisotopic (exact) mass is 379 g/mol. The first kappa shape index (κ1) is 19.8. The lowest BCUT2D eigenvalue weighted by atomic mass is 9.95. The molecule has 0 fully saturated rings. The zero-order valence-electron chi connectivity index (χ0n) is 14.9. The predicted octanol–water partition coefficient (Wildman–Crippen LogP) is 2.86. The summed E-state index contributed by atoms with van der Waals surface area (Å²) in [5.74, 6) is 1.06. The molecule has 0 radical (unpaired) electrons. The van der Waals surface area contributed by atoms with E-state index in [0.717, 1.165) is 5.75 Å². The van der Waals surface area contributed by atoms with Gasteiger partial charge in [0, 0.05) is 30.6 Å². The zero-order valence-corrected chi connectivity index (χ0v) is 15.7. The van der Waals surface area contributed by atoms with Crippen molar-refractivity contribution in [3.63, 3.8) is 0 Å². The molecular formula is C17H21N3O5S. The summed E-state index contributed by atoms with van der Waals surface area (Å²) in [5.41, 5.74) is 1.07. The molecule has 8 nitrogen and oxygen atoms in total. The Bertz CT molecular complexity index is 750. The number of carbonyl (C=O) groups excluding carboxylic acids is 2. The Labute approximate surface area is 155 Å². The lowest BCUT2D eigenvalue weighted by Gasteiger charge is -2.33. The fraction of sp³-hybridized carbons (Fsp3) is 0.412. The Kier molecular flexibility index (Phi) is 6.62. The molecule has 0 unspecified atom stereocenters. The number of nitrogens with one attached hydrogen (secondary N) is 1. The second-order valence-electron chi connectivity index (χ2n) is 5.63. The van der Waals surface area contributed by atoms with E-state index in [9.17, 15) is 19.7 Å². The molecule has 0 saturated heterocycles. The molecule has 0 spiro atoms. The minimum absolute atomic E-state index is 0.111. The summed E-state index contributed by atoms with van der Waals surface area (Å²) in [6.07, 6.45) is 0. The molecule has 140 valence electrons. The van der Waals surface area contributed by atoms with Crippen LogP contribution in [-0.4, -0.2) is 47.0 Å². The maximum absolute atomic E-state index is 12.6. The number of nitro benzene ring substituents is 1. The van der Waals surface area contributed by atoms with Gasteiger partial charge in [-0.3, -0.25) is 10.1 Å². The van der Waals surface area contributed by atoms with Crippen molar-refractivity contribution < 1.29 is 19.2 Å². The second-order valence-corrected chi connectivity index (χ2v) is 7.02. The van der Waals surface area contributed by atoms with Crippen LogP contribution in [0.4, 0.5) is 10.5 Å². The number of hydrogen-bond donors (Lipinski definition) is 1. The molecule has 1 heterocycles. The van der Waals surface area contributed by atoms with Gasteiger partial charge in [0.1, 0.15) is 6.61 Å². The van der Waals surface area contributed by atoms with E-state index in [0.29, 0.717) is 17.0 Å². The highest BCUT2D eigenvalue weighted by Crippen LogP contribution is 2.32. The highest BCUT2D eigenvalue weighted by atomic mass is 32.2. The van der Waals surface area contributed by atoms with Crippen LogP contribution in [0.5, 0.6) is 0 Å². The molecule has 1 aliphatic rings. The quantitative estimate of drug-likeness (QED) is 0.338. The minimum atomic E-state index is -0.801. The summed E-state index contributed by atoms with van der Waals surface area (Å²) in [4.78, 5) is 36.6. The molecule has 0 bridgehead atoms. The number of benzene rings is 1. The lowest BCUT2D eigenvalue weighted by molar-refractivity contribution is -0.384. The van der Waals surface area contributed by atoms with E-state index in [1.54, 1.807) is 31.8 Å². The van der Waals surface area contributed by atoms with Gasteiger partial charge in [0.05, 0.1) is 16.5 Å². The van der Waals surface area contributed by atoms with Crippen LogP contribution in [0, 0.1) is 10.1 Å². The Morgan fingerprint density at radius 1 is 1.46 bits per heavy atom. The highest BCUT2D eigenvalue weighted by Gasteiger charge is 2.35. The van der Waals surface area contributed by atoms with Gasteiger partial charge in [0.2, 0.25) is 0 Å². The van der Waals surface area contributed by atoms with Gasteiger partial charge in [-0.2, -0.15) is 11.8 Å². The maximum Gasteiger partial charge on any atom is 0.338 e. The summed E-state index contributed by atoms with van der Waals surface area (Å²) in [5, 5.41) is 13.8. The number of ether oxygens (including phenoxy) is 1. The largest absolute Gasteiger partial charge is 0.461 e. The van der Waals surface area contributed by atoms with Crippen molar-refractivity contribution in [1.29, 1.82) is 0 Å². The molecule has 2 amide bonds. The fourth-order valence-corrected chi connectivity index (χ4v) is 3.07. The third kappa shape index (κ3) is 4.34. The van der Waals surface area contributed by atoms with Crippen molar-refractivity contribution in [3.05, 3.63) is 51.2 Å². The summed E-state index contributed by atoms with van der Waals surface area (Å²) in [7, 11) is 1.55. The van der Waals surface area contributed by atoms with Crippen LogP contribution in [0.15, 0.2) is 35.5 Å². The SMILES string of the molecule is CCSCCOC(=O)C1=C(C)N(C)C(=O)N[C@H]1c1cccc([N+](=O)[O-])c1. The van der Waals surface area contributed by atoms with Crippen LogP contribution < -0.4 is 5.32 Å². The molecule has 0 aliphatic carbocycles. The van der Waals surface area contributed by atoms with Crippen molar-refractivity contribution in [2.24, 2.45) is 0 Å². The van der Waals surface area contributed by atoms with Crippen molar-refractivity contribution in [1.82, 2.24) is 10.2 Å². The van der Waals surface area contributed by atoms with Gasteiger partial charge >= 0.3 is 12.0 Å². The van der Waals surface area contributed by atoms with Gasteiger partial charge in [0.25, 0.3) is 5.69 Å². The van der Waals surface area contributed by atoms with Gasteiger partial charge in [-0.15, -0.1) is 0 Å². The van der Waals surface area contributed by atoms with E-state index in [-0.39, 0.29) is 17.9 Å². The van der Waals surface area contributed by atoms with E-state index in [4.69, 9.17) is 4.74 Å². The molecule has 0 aromatic heterocycles. The van der Waals surface area contributed by atoms with E-state index in [2.05, 4.69) is 5.32 Å². The van der Waals surface area contributed by atoms with E-state index in [1.165, 1.54) is 23.1 Å². The Morgan fingerprint density at radius 2 is 2.19 bits per heavy atom. The molecule has 1 aromatic carbocycles. The van der Waals surface area contributed by atoms with Crippen molar-refractivity contribution in [2.45, 2.75) is 19.9 Å². The number of hydrogen-bond acceptors (Lipinski definition) is 6. The molecule has 1 atom stereocenters. The summed E-state index contributed by atoms with van der Waals surface area (Å²) >= 11 is 1.65. The molecule has 2 rings (SSSR count). The molecule has 0 saturated carbocycles. The number of nitro groups is 1. The third-order valence-corrected chi connectivity index (χ3v) is 4.92. The van der Waals surface area contributed by atoms with Gasteiger partial charge < -0.3 is 15.0 Å². The van der Waals surface area contributed by atoms with Crippen LogP contribution in [0.3, 0.4) is 0 Å². The first-order chi connectivity index (χ1) is 12.4. The van der Waals surface area contributed by atoms with Crippen molar-refractivity contribution in [2.75, 3.05) is 25.2 Å². The van der Waals surface area contributed by atoms with Gasteiger partial charge in [-0.25, -0.2) is 9.59 Å². The average Bonchev–Trinajstić information content (AvgIpc) is 2.63. The first-order valence-corrected chi connectivity index (χ1v) is 9.26. The van der Waals surface area contributed by atoms with Crippen molar-refractivity contribution >= 4 is 29.4 Å². The molecule has 9 heteroatoms. The number of carbonyl (C=O) groups is 2. The van der Waals surface area contributed by atoms with Crippen LogP contribution >= 0.6 is 11.8 Å². The van der Waals surface area contributed by atoms with Crippen LogP contribution in [0.25, 0.3) is 0 Å². The average molecular weight is 379 g/mol. The minimum Gasteiger partial charge on any atom is -0.461 e. The van der Waals surface area contributed by atoms with E-state index < -0.39 is 23.0 Å². The molecule has 1 aromatic rings. The van der Waals surface area contributed by atoms with E-state index >= 15 is 0 Å². The van der Waals surface area contributed by atoms with Crippen LogP contribution in [0.1, 0.15) is 25.5 Å². The maximum atomic E-state index is 12.6. The Balaban J connectivity index is 2.35. The number of esters is 1. The van der Waals surface area contributed by atoms with Crippen LogP contribution in [0.2, 0.25) is 0 Å². The normalized spacial score (nSPS) is 17.1. The number of thioether (sulfide) groups is 1. The van der Waals surface area contributed by atoms with Gasteiger partial charge in [-0.05, 0) is 18.2 Å². The molecule has 1 aliphatic heterocycles. The molecule has 26 heavy (non-hydrogen) atoms. The lowest BCUT2D eigenvalue weighted by Crippen LogP contribution is -2.46. The van der Waals surface area contributed by atoms with Crippen molar-refractivity contribution in [3.8, 4) is 0 Å². The number of non-ortho nitro benzene ring substituents is 1.